The van der Waals surface area contributed by atoms with E-state index in [4.69, 9.17) is 9.98 Å². The summed E-state index contributed by atoms with van der Waals surface area (Å²) in [5, 5.41) is 15.2. The molecule has 0 bridgehead atoms. The van der Waals surface area contributed by atoms with Crippen LogP contribution in [0.15, 0.2) is 124 Å². The molecule has 7 aliphatic carbocycles. The third kappa shape index (κ3) is 5.66. The minimum Gasteiger partial charge on any atom is -0.344 e. The molecule has 2 aromatic carbocycles. The van der Waals surface area contributed by atoms with Crippen LogP contribution in [0.4, 0.5) is 0 Å². The first-order valence-corrected chi connectivity index (χ1v) is 23.2. The summed E-state index contributed by atoms with van der Waals surface area (Å²) in [6.07, 6.45) is 34.8. The number of fused-ring (bicyclic) bond motifs is 10. The molecule has 11 rings (SSSR count). The van der Waals surface area contributed by atoms with Crippen LogP contribution in [0.1, 0.15) is 125 Å². The number of nitrogens with one attached hydrogen (secondary N) is 1. The number of rotatable bonds is 4. The minimum absolute atomic E-state index is 0.0307. The van der Waals surface area contributed by atoms with Gasteiger partial charge in [-0.2, -0.15) is 17.0 Å². The first-order valence-electron chi connectivity index (χ1n) is 22.3. The number of nitriles is 1. The molecule has 12 atom stereocenters. The lowest BCUT2D eigenvalue weighted by molar-refractivity contribution is -0.0395. The van der Waals surface area contributed by atoms with Gasteiger partial charge < -0.3 is 5.32 Å². The molecule has 5 heteroatoms. The summed E-state index contributed by atoms with van der Waals surface area (Å²) in [5.41, 5.74) is 8.56. The molecule has 0 amide bonds. The van der Waals surface area contributed by atoms with E-state index in [0.717, 1.165) is 67.4 Å². The predicted molar refractivity (Wildman–Crippen MR) is 230 cm³/mol. The van der Waals surface area contributed by atoms with Crippen molar-refractivity contribution in [1.29, 1.82) is 5.26 Å². The zero-order chi connectivity index (χ0) is 37.2. The van der Waals surface area contributed by atoms with Crippen molar-refractivity contribution < 1.29 is 0 Å². The van der Waals surface area contributed by atoms with Gasteiger partial charge in [-0.05, 0) is 140 Å². The van der Waals surface area contributed by atoms with E-state index in [-0.39, 0.29) is 12.1 Å². The zero-order valence-corrected chi connectivity index (χ0v) is 33.6. The average molecular weight is 757 g/mol. The summed E-state index contributed by atoms with van der Waals surface area (Å²) >= 11 is 2.36. The first kappa shape index (κ1) is 35.3. The molecule has 2 saturated carbocycles. The molecule has 2 aromatic rings. The standard InChI is InChI=1S/C51H56N4S/c52-31-36-24-26-38(39-18-8-7-17-37(36)39)34-25-28-47-45(29-34)51(43-21-11-12-22-46(43)56-47)42-20-10-9-19-40(42)41-27-23-35(30-44(41)51)50-54-48(32-13-3-1-4-14-32)53-49(55-50)33-15-5-2-6-16-33/h1,3-5,7-8,12-18,22,25,30,36,38,40-48H,2,6,9-11,19-21,23-24,26-29H2,(H,53,54,55). The van der Waals surface area contributed by atoms with E-state index in [1.54, 1.807) is 5.57 Å². The van der Waals surface area contributed by atoms with Gasteiger partial charge in [0, 0.05) is 22.0 Å². The fourth-order valence-electron chi connectivity index (χ4n) is 14.1. The van der Waals surface area contributed by atoms with E-state index < -0.39 is 0 Å². The lowest BCUT2D eigenvalue weighted by Gasteiger charge is -2.62. The monoisotopic (exact) mass is 756 g/mol. The Hall–Kier alpha value is -3.88. The van der Waals surface area contributed by atoms with Gasteiger partial charge in [-0.15, -0.1) is 0 Å². The summed E-state index contributed by atoms with van der Waals surface area (Å²) in [5.74, 6) is 6.84. The molecular weight excluding hydrogens is 701 g/mol. The van der Waals surface area contributed by atoms with Crippen LogP contribution in [0.2, 0.25) is 0 Å². The van der Waals surface area contributed by atoms with Crippen LogP contribution in [0, 0.1) is 52.3 Å². The van der Waals surface area contributed by atoms with Gasteiger partial charge in [0.25, 0.3) is 0 Å². The zero-order valence-electron chi connectivity index (χ0n) is 32.7. The quantitative estimate of drug-likeness (QED) is 0.316. The van der Waals surface area contributed by atoms with Gasteiger partial charge in [0.1, 0.15) is 12.0 Å². The fraction of sp³-hybridized carbons (Fsp3) is 0.510. The summed E-state index contributed by atoms with van der Waals surface area (Å²) in [7, 11) is 0. The van der Waals surface area contributed by atoms with Crippen LogP contribution >= 0.6 is 11.8 Å². The Labute approximate surface area is 338 Å². The van der Waals surface area contributed by atoms with Crippen molar-refractivity contribution in [3.8, 4) is 6.07 Å². The van der Waals surface area contributed by atoms with E-state index in [0.29, 0.717) is 33.7 Å². The number of nitrogens with zero attached hydrogens (tertiary/aromatic N) is 3. The third-order valence-corrected chi connectivity index (χ3v) is 17.9. The van der Waals surface area contributed by atoms with Gasteiger partial charge in [-0.1, -0.05) is 116 Å². The van der Waals surface area contributed by atoms with Crippen molar-refractivity contribution in [3.05, 3.63) is 131 Å². The van der Waals surface area contributed by atoms with Crippen molar-refractivity contribution in [2.45, 2.75) is 118 Å². The number of hydrogen-bond acceptors (Lipinski definition) is 5. The van der Waals surface area contributed by atoms with E-state index in [1.165, 1.54) is 85.6 Å². The molecular formula is C51H56N4S. The van der Waals surface area contributed by atoms with Gasteiger partial charge in [0.2, 0.25) is 0 Å². The number of aliphatic imine (C=N–C) groups is 2. The third-order valence-electron chi connectivity index (χ3n) is 16.2. The van der Waals surface area contributed by atoms with Crippen molar-refractivity contribution in [1.82, 2.24) is 5.32 Å². The SMILES string of the molecule is N#CC1CCC(C2=CCC3SC4C=CCCC4C4(C5C=C(C6=NC(c7ccccc7)NC(C7=CCCC=C7)=N6)CCC5C5CCCCC54)C3C2)c2ccccc21. The predicted octanol–water partition coefficient (Wildman–Crippen LogP) is 12.1. The number of benzene rings is 2. The van der Waals surface area contributed by atoms with Crippen LogP contribution in [0.3, 0.4) is 0 Å². The lowest BCUT2D eigenvalue weighted by atomic mass is 9.48. The van der Waals surface area contributed by atoms with Crippen molar-refractivity contribution >= 4 is 23.4 Å². The summed E-state index contributed by atoms with van der Waals surface area (Å²) in [6, 6.07) is 22.5. The van der Waals surface area contributed by atoms with Gasteiger partial charge in [-0.25, -0.2) is 9.98 Å². The molecule has 3 fully saturated rings. The van der Waals surface area contributed by atoms with Crippen molar-refractivity contribution in [3.63, 3.8) is 0 Å². The largest absolute Gasteiger partial charge is 0.344 e. The molecule has 2 aliphatic heterocycles. The Morgan fingerprint density at radius 3 is 2.55 bits per heavy atom. The van der Waals surface area contributed by atoms with E-state index in [9.17, 15) is 5.26 Å². The summed E-state index contributed by atoms with van der Waals surface area (Å²) in [6.45, 7) is 0. The van der Waals surface area contributed by atoms with Crippen LogP contribution in [-0.4, -0.2) is 22.2 Å². The molecule has 0 radical (unpaired) electrons. The second kappa shape index (κ2) is 14.5. The van der Waals surface area contributed by atoms with E-state index >= 15 is 0 Å². The Morgan fingerprint density at radius 2 is 1.68 bits per heavy atom. The van der Waals surface area contributed by atoms with Crippen LogP contribution in [0.5, 0.6) is 0 Å². The molecule has 286 valence electrons. The Kier molecular flexibility index (Phi) is 9.14. The molecule has 1 N–H and O–H groups in total. The lowest BCUT2D eigenvalue weighted by Crippen LogP contribution is -2.58. The maximum absolute atomic E-state index is 10.1. The average Bonchev–Trinajstić information content (AvgIpc) is 3.56. The smallest absolute Gasteiger partial charge is 0.154 e. The topological polar surface area (TPSA) is 60.5 Å². The normalized spacial score (nSPS) is 39.5. The second-order valence-corrected chi connectivity index (χ2v) is 19.9. The highest BCUT2D eigenvalue weighted by atomic mass is 32.2. The molecule has 9 aliphatic rings. The number of allylic oxidation sites excluding steroid dienone is 6. The van der Waals surface area contributed by atoms with Crippen molar-refractivity contribution in [2.75, 3.05) is 0 Å². The van der Waals surface area contributed by atoms with Crippen LogP contribution in [0.25, 0.3) is 0 Å². The fourth-order valence-corrected chi connectivity index (χ4v) is 16.0. The Balaban J connectivity index is 1.03. The maximum atomic E-state index is 10.1. The molecule has 56 heavy (non-hydrogen) atoms. The van der Waals surface area contributed by atoms with Gasteiger partial charge in [0.15, 0.2) is 5.84 Å². The van der Waals surface area contributed by atoms with Gasteiger partial charge in [-0.3, -0.25) is 0 Å². The van der Waals surface area contributed by atoms with Gasteiger partial charge in [0.05, 0.1) is 12.0 Å². The molecule has 4 nitrogen and oxygen atoms in total. The van der Waals surface area contributed by atoms with Crippen LogP contribution < -0.4 is 5.32 Å². The molecule has 1 saturated heterocycles. The maximum Gasteiger partial charge on any atom is 0.154 e. The number of thioether (sulfide) groups is 1. The number of amidine groups is 2. The Bertz CT molecular complexity index is 2130. The highest BCUT2D eigenvalue weighted by Gasteiger charge is 2.69. The first-order chi connectivity index (χ1) is 27.7. The molecule has 12 unspecified atom stereocenters. The summed E-state index contributed by atoms with van der Waals surface area (Å²) in [4.78, 5) is 10.9. The van der Waals surface area contributed by atoms with E-state index in [1.807, 2.05) is 0 Å². The highest BCUT2D eigenvalue weighted by Crippen LogP contribution is 2.74. The Morgan fingerprint density at radius 1 is 0.804 bits per heavy atom. The summed E-state index contributed by atoms with van der Waals surface area (Å²) < 4.78 is 0. The second-order valence-electron chi connectivity index (χ2n) is 18.5. The molecule has 0 aromatic heterocycles. The van der Waals surface area contributed by atoms with Crippen LogP contribution in [-0.2, 0) is 0 Å². The molecule has 1 spiro atoms. The molecule has 2 heterocycles. The van der Waals surface area contributed by atoms with Gasteiger partial charge >= 0.3 is 0 Å². The highest BCUT2D eigenvalue weighted by molar-refractivity contribution is 8.00. The van der Waals surface area contributed by atoms with Crippen molar-refractivity contribution in [2.24, 2.45) is 50.9 Å². The minimum atomic E-state index is -0.137. The number of hydrogen-bond donors (Lipinski definition) is 1. The van der Waals surface area contributed by atoms with E-state index in [2.05, 4.69) is 120 Å².